The molecule has 5 nitrogen and oxygen atoms in total. The second-order valence-electron chi connectivity index (χ2n) is 5.15. The Labute approximate surface area is 160 Å². The summed E-state index contributed by atoms with van der Waals surface area (Å²) in [7, 11) is 0. The van der Waals surface area contributed by atoms with Crippen LogP contribution in [-0.2, 0) is 9.59 Å². The third-order valence-electron chi connectivity index (χ3n) is 3.19. The SMILES string of the molecule is Cl.O=C(CNCC(=O)Nc1ccc(F)c(F)c1F)Nc1ccc(F)c(F)c1F. The summed E-state index contributed by atoms with van der Waals surface area (Å²) in [6, 6.07) is 2.85. The molecular weight excluding hydrogens is 416 g/mol. The molecule has 2 aromatic rings. The minimum absolute atomic E-state index is 0. The van der Waals surface area contributed by atoms with Crippen LogP contribution in [0.1, 0.15) is 0 Å². The Hall–Kier alpha value is -2.79. The van der Waals surface area contributed by atoms with Gasteiger partial charge in [0, 0.05) is 0 Å². The quantitative estimate of drug-likeness (QED) is 0.490. The predicted octanol–water partition coefficient (Wildman–Crippen LogP) is 3.11. The van der Waals surface area contributed by atoms with Gasteiger partial charge in [-0.1, -0.05) is 0 Å². The molecule has 0 fully saturated rings. The van der Waals surface area contributed by atoms with Gasteiger partial charge in [-0.3, -0.25) is 14.9 Å². The van der Waals surface area contributed by atoms with Crippen LogP contribution in [0.3, 0.4) is 0 Å². The summed E-state index contributed by atoms with van der Waals surface area (Å²) in [5.41, 5.74) is -1.21. The fourth-order valence-electron chi connectivity index (χ4n) is 1.92. The van der Waals surface area contributed by atoms with E-state index < -0.39 is 71.2 Å². The Morgan fingerprint density at radius 2 is 1.00 bits per heavy atom. The minimum atomic E-state index is -1.76. The van der Waals surface area contributed by atoms with Gasteiger partial charge < -0.3 is 10.6 Å². The third kappa shape index (κ3) is 5.60. The highest BCUT2D eigenvalue weighted by Crippen LogP contribution is 2.20. The van der Waals surface area contributed by atoms with Crippen molar-refractivity contribution in [3.63, 3.8) is 0 Å². The number of carbonyl (C=O) groups excluding carboxylic acids is 2. The van der Waals surface area contributed by atoms with Crippen molar-refractivity contribution in [2.45, 2.75) is 0 Å². The topological polar surface area (TPSA) is 70.2 Å². The monoisotopic (exact) mass is 427 g/mol. The highest BCUT2D eigenvalue weighted by atomic mass is 35.5. The van der Waals surface area contributed by atoms with Crippen molar-refractivity contribution in [1.82, 2.24) is 5.32 Å². The molecule has 3 N–H and O–H groups in total. The second kappa shape index (κ2) is 9.95. The average Bonchev–Trinajstić information content (AvgIpc) is 2.63. The first-order valence-electron chi connectivity index (χ1n) is 7.28. The summed E-state index contributed by atoms with van der Waals surface area (Å²) in [6.45, 7) is -1.07. The first-order valence-corrected chi connectivity index (χ1v) is 7.28. The van der Waals surface area contributed by atoms with E-state index >= 15 is 0 Å². The fourth-order valence-corrected chi connectivity index (χ4v) is 1.92. The van der Waals surface area contributed by atoms with Crippen LogP contribution in [-0.4, -0.2) is 24.9 Å². The number of hydrogen-bond acceptors (Lipinski definition) is 3. The zero-order valence-corrected chi connectivity index (χ0v) is 14.5. The molecule has 2 aromatic carbocycles. The maximum absolute atomic E-state index is 13.4. The number of anilines is 2. The summed E-state index contributed by atoms with van der Waals surface area (Å²) in [5, 5.41) is 6.23. The summed E-state index contributed by atoms with van der Waals surface area (Å²) >= 11 is 0. The summed E-state index contributed by atoms with van der Waals surface area (Å²) in [5.74, 6) is -11.3. The molecule has 0 spiro atoms. The molecule has 2 rings (SSSR count). The zero-order chi connectivity index (χ0) is 20.1. The van der Waals surface area contributed by atoms with Crippen LogP contribution in [0.15, 0.2) is 24.3 Å². The Kier molecular flexibility index (Phi) is 8.26. The number of rotatable bonds is 6. The number of nitrogens with one attached hydrogen (secondary N) is 3. The minimum Gasteiger partial charge on any atom is -0.322 e. The molecule has 0 saturated heterocycles. The standard InChI is InChI=1S/C16H11F6N3O2.ClH/c17-7-1-3-9(15(21)13(7)19)24-11(26)5-23-6-12(27)25-10-4-2-8(18)14(20)16(10)22;/h1-4,23H,5-6H2,(H,24,26)(H,25,27);1H. The lowest BCUT2D eigenvalue weighted by atomic mass is 10.2. The molecule has 12 heteroatoms. The van der Waals surface area contributed by atoms with Gasteiger partial charge in [-0.2, -0.15) is 0 Å². The Morgan fingerprint density at radius 1 is 0.643 bits per heavy atom. The van der Waals surface area contributed by atoms with Crippen LogP contribution in [0, 0.1) is 34.9 Å². The molecule has 0 saturated carbocycles. The van der Waals surface area contributed by atoms with Gasteiger partial charge in [0.2, 0.25) is 11.8 Å². The predicted molar refractivity (Wildman–Crippen MR) is 90.0 cm³/mol. The summed E-state index contributed by atoms with van der Waals surface area (Å²) in [4.78, 5) is 23.2. The molecule has 0 unspecified atom stereocenters. The maximum atomic E-state index is 13.4. The largest absolute Gasteiger partial charge is 0.322 e. The lowest BCUT2D eigenvalue weighted by Gasteiger charge is -2.09. The molecule has 0 bridgehead atoms. The highest BCUT2D eigenvalue weighted by molar-refractivity contribution is 5.94. The lowest BCUT2D eigenvalue weighted by Crippen LogP contribution is -2.34. The Bertz CT molecular complexity index is 826. The van der Waals surface area contributed by atoms with Crippen LogP contribution < -0.4 is 16.0 Å². The van der Waals surface area contributed by atoms with Gasteiger partial charge >= 0.3 is 0 Å². The van der Waals surface area contributed by atoms with Crippen LogP contribution in [0.2, 0.25) is 0 Å². The van der Waals surface area contributed by atoms with Crippen LogP contribution >= 0.6 is 12.4 Å². The smallest absolute Gasteiger partial charge is 0.238 e. The number of halogens is 7. The van der Waals surface area contributed by atoms with Crippen molar-refractivity contribution in [2.75, 3.05) is 23.7 Å². The van der Waals surface area contributed by atoms with E-state index in [2.05, 4.69) is 5.32 Å². The van der Waals surface area contributed by atoms with Crippen LogP contribution in [0.25, 0.3) is 0 Å². The zero-order valence-electron chi connectivity index (χ0n) is 13.7. The van der Waals surface area contributed by atoms with E-state index in [4.69, 9.17) is 0 Å². The van der Waals surface area contributed by atoms with Gasteiger partial charge in [0.1, 0.15) is 0 Å². The number of carbonyl (C=O) groups is 2. The highest BCUT2D eigenvalue weighted by Gasteiger charge is 2.17. The fraction of sp³-hybridized carbons (Fsp3) is 0.125. The van der Waals surface area contributed by atoms with E-state index in [1.54, 1.807) is 0 Å². The molecule has 0 aromatic heterocycles. The van der Waals surface area contributed by atoms with E-state index in [9.17, 15) is 35.9 Å². The number of benzene rings is 2. The molecule has 0 aliphatic heterocycles. The Morgan fingerprint density at radius 3 is 1.36 bits per heavy atom. The van der Waals surface area contributed by atoms with Gasteiger partial charge in [0.25, 0.3) is 0 Å². The van der Waals surface area contributed by atoms with Gasteiger partial charge in [-0.25, -0.2) is 26.3 Å². The second-order valence-corrected chi connectivity index (χ2v) is 5.15. The lowest BCUT2D eigenvalue weighted by molar-refractivity contribution is -0.116. The van der Waals surface area contributed by atoms with Crippen molar-refractivity contribution in [3.8, 4) is 0 Å². The summed E-state index contributed by atoms with van der Waals surface area (Å²) < 4.78 is 78.5. The Balaban J connectivity index is 0.00000392. The number of amides is 2. The van der Waals surface area contributed by atoms with Crippen molar-refractivity contribution >= 4 is 35.6 Å². The van der Waals surface area contributed by atoms with Crippen molar-refractivity contribution in [3.05, 3.63) is 59.2 Å². The molecule has 0 atom stereocenters. The van der Waals surface area contributed by atoms with Gasteiger partial charge in [0.15, 0.2) is 34.9 Å². The third-order valence-corrected chi connectivity index (χ3v) is 3.19. The van der Waals surface area contributed by atoms with Crippen molar-refractivity contribution in [2.24, 2.45) is 0 Å². The summed E-state index contributed by atoms with van der Waals surface area (Å²) in [6.07, 6.45) is 0. The van der Waals surface area contributed by atoms with Gasteiger partial charge in [-0.15, -0.1) is 12.4 Å². The van der Waals surface area contributed by atoms with Gasteiger partial charge in [-0.05, 0) is 24.3 Å². The van der Waals surface area contributed by atoms with E-state index in [-0.39, 0.29) is 12.4 Å². The first-order chi connectivity index (χ1) is 12.7. The number of hydrogen-bond donors (Lipinski definition) is 3. The molecule has 0 radical (unpaired) electrons. The molecular formula is C16H12ClF6N3O2. The normalized spacial score (nSPS) is 10.2. The molecule has 0 aliphatic carbocycles. The van der Waals surface area contributed by atoms with E-state index in [0.717, 1.165) is 12.1 Å². The van der Waals surface area contributed by atoms with E-state index in [1.165, 1.54) is 0 Å². The molecule has 28 heavy (non-hydrogen) atoms. The van der Waals surface area contributed by atoms with E-state index in [0.29, 0.717) is 12.1 Å². The van der Waals surface area contributed by atoms with Crippen LogP contribution in [0.4, 0.5) is 37.7 Å². The molecule has 0 heterocycles. The molecule has 0 aliphatic rings. The maximum Gasteiger partial charge on any atom is 0.238 e. The van der Waals surface area contributed by atoms with Crippen LogP contribution in [0.5, 0.6) is 0 Å². The first kappa shape index (κ1) is 23.2. The average molecular weight is 428 g/mol. The van der Waals surface area contributed by atoms with E-state index in [1.807, 2.05) is 10.6 Å². The van der Waals surface area contributed by atoms with Crippen molar-refractivity contribution < 1.29 is 35.9 Å². The van der Waals surface area contributed by atoms with Gasteiger partial charge in [0.05, 0.1) is 24.5 Å². The molecule has 2 amide bonds. The van der Waals surface area contributed by atoms with Crippen molar-refractivity contribution in [1.29, 1.82) is 0 Å². The molecule has 152 valence electrons.